The molecule has 2 aliphatic heterocycles. The summed E-state index contributed by atoms with van der Waals surface area (Å²) in [6.07, 6.45) is 5.31. The molecule has 1 unspecified atom stereocenters. The Morgan fingerprint density at radius 1 is 1.24 bits per heavy atom. The molecule has 2 aromatic heterocycles. The molecule has 180 valence electrons. The molecule has 0 saturated carbocycles. The van der Waals surface area contributed by atoms with Gasteiger partial charge in [0.2, 0.25) is 0 Å². The van der Waals surface area contributed by atoms with E-state index in [1.807, 2.05) is 13.8 Å². The first-order valence-corrected chi connectivity index (χ1v) is 10.3. The van der Waals surface area contributed by atoms with Gasteiger partial charge < -0.3 is 15.3 Å². The first-order valence-electron chi connectivity index (χ1n) is 10.3. The molecule has 1 saturated heterocycles. The second kappa shape index (κ2) is 12.5. The molecule has 0 aliphatic carbocycles. The lowest BCUT2D eigenvalue weighted by Crippen LogP contribution is -2.48. The number of alkyl halides is 3. The van der Waals surface area contributed by atoms with E-state index in [1.54, 1.807) is 17.0 Å². The Balaban J connectivity index is 0.000000582. The molecule has 33 heavy (non-hydrogen) atoms. The lowest BCUT2D eigenvalue weighted by Gasteiger charge is -2.35. The number of aromatic nitrogens is 3. The van der Waals surface area contributed by atoms with Crippen LogP contribution in [0.4, 0.5) is 35.3 Å². The van der Waals surface area contributed by atoms with Crippen LogP contribution < -0.4 is 20.4 Å². The third-order valence-electron chi connectivity index (χ3n) is 4.60. The number of nitrogens with zero attached hydrogens (tertiary/aromatic N) is 5. The zero-order valence-corrected chi connectivity index (χ0v) is 18.2. The average Bonchev–Trinajstić information content (AvgIpc) is 3.23. The van der Waals surface area contributed by atoms with E-state index in [9.17, 15) is 22.8 Å². The number of hydrogen-bond acceptors (Lipinski definition) is 7. The Morgan fingerprint density at radius 2 is 1.97 bits per heavy atom. The van der Waals surface area contributed by atoms with Gasteiger partial charge in [-0.15, -0.1) is 0 Å². The van der Waals surface area contributed by atoms with E-state index in [0.29, 0.717) is 11.6 Å². The first-order chi connectivity index (χ1) is 15.9. The van der Waals surface area contributed by atoms with Crippen molar-refractivity contribution in [1.29, 1.82) is 0 Å². The topological polar surface area (TPSA) is 124 Å². The van der Waals surface area contributed by atoms with Gasteiger partial charge in [0.15, 0.2) is 11.6 Å². The molecule has 13 heteroatoms. The fraction of sp³-hybridized carbons (Fsp3) is 0.450. The maximum Gasteiger partial charge on any atom is 0.379 e. The van der Waals surface area contributed by atoms with Crippen LogP contribution in [0.1, 0.15) is 30.8 Å². The number of pyridine rings is 1. The van der Waals surface area contributed by atoms with Crippen molar-refractivity contribution in [2.45, 2.75) is 33.0 Å². The van der Waals surface area contributed by atoms with Crippen LogP contribution in [0.15, 0.2) is 30.7 Å². The quantitative estimate of drug-likeness (QED) is 0.628. The van der Waals surface area contributed by atoms with Gasteiger partial charge in [-0.05, 0) is 18.6 Å². The number of halogens is 3. The number of rotatable bonds is 4. The Hall–Kier alpha value is -3.48. The fourth-order valence-corrected chi connectivity index (χ4v) is 3.39. The van der Waals surface area contributed by atoms with Gasteiger partial charge in [-0.1, -0.05) is 13.8 Å². The predicted molar refractivity (Wildman–Crippen MR) is 116 cm³/mol. The lowest BCUT2D eigenvalue weighted by molar-refractivity contribution is 0.00818. The third kappa shape index (κ3) is 6.75. The number of fused-ring (bicyclic) bond motifs is 4. The molecule has 10 nitrogen and oxygen atoms in total. The Morgan fingerprint density at radius 3 is 2.61 bits per heavy atom. The van der Waals surface area contributed by atoms with Crippen molar-refractivity contribution in [3.63, 3.8) is 0 Å². The summed E-state index contributed by atoms with van der Waals surface area (Å²) in [6.45, 7) is 1.87. The molecule has 3 amide bonds. The number of nitrogens with one attached hydrogen (secondary N) is 2. The average molecular weight is 469 g/mol. The number of urea groups is 1. The van der Waals surface area contributed by atoms with Gasteiger partial charge in [-0.25, -0.2) is 14.8 Å². The molecular formula is C20H26F3N7O3. The van der Waals surface area contributed by atoms with E-state index >= 15 is 0 Å². The highest BCUT2D eigenvalue weighted by Gasteiger charge is 2.40. The zero-order chi connectivity index (χ0) is 24.4. The largest absolute Gasteiger partial charge is 0.395 e. The molecule has 1 atom stereocenters. The van der Waals surface area contributed by atoms with Crippen molar-refractivity contribution < 1.29 is 27.9 Å². The van der Waals surface area contributed by atoms with Crippen LogP contribution in [0.3, 0.4) is 0 Å². The minimum absolute atomic E-state index is 0.0302. The van der Waals surface area contributed by atoms with Gasteiger partial charge in [0, 0.05) is 32.0 Å². The normalized spacial score (nSPS) is 15.5. The number of amides is 3. The second-order valence-corrected chi connectivity index (χ2v) is 6.55. The molecule has 4 heterocycles. The smallest absolute Gasteiger partial charge is 0.379 e. The number of anilines is 3. The predicted octanol–water partition coefficient (Wildman–Crippen LogP) is 2.43. The summed E-state index contributed by atoms with van der Waals surface area (Å²) in [5.74, 6) is 0.400. The van der Waals surface area contributed by atoms with Gasteiger partial charge >= 0.3 is 12.7 Å². The van der Waals surface area contributed by atoms with Crippen LogP contribution in [-0.2, 0) is 0 Å². The number of aliphatic hydroxyl groups excluding tert-OH is 1. The van der Waals surface area contributed by atoms with Crippen LogP contribution in [0, 0.1) is 0 Å². The fourth-order valence-electron chi connectivity index (χ4n) is 3.39. The minimum Gasteiger partial charge on any atom is -0.395 e. The van der Waals surface area contributed by atoms with Gasteiger partial charge in [-0.2, -0.15) is 13.2 Å². The molecule has 0 radical (unpaired) electrons. The maximum absolute atomic E-state index is 12.9. The molecule has 4 rings (SSSR count). The number of carbonyl (C=O) groups is 2. The van der Waals surface area contributed by atoms with Crippen LogP contribution in [0.5, 0.6) is 0 Å². The summed E-state index contributed by atoms with van der Waals surface area (Å²) in [6, 6.07) is 3.05. The van der Waals surface area contributed by atoms with Crippen LogP contribution in [0.2, 0.25) is 0 Å². The molecule has 0 spiro atoms. The van der Waals surface area contributed by atoms with E-state index in [4.69, 9.17) is 5.11 Å². The van der Waals surface area contributed by atoms with Gasteiger partial charge in [0.1, 0.15) is 5.69 Å². The molecule has 2 bridgehead atoms. The van der Waals surface area contributed by atoms with E-state index < -0.39 is 12.6 Å². The standard InChI is InChI=1S/C17H19N7O3.C2H6.CHF3/c25-8-6-20-16(26)12-1-2-13-15(21-12)24(11-3-7-23(13)10-11)17(27)22-14-9-18-4-5-19-14;1-2;2-1(3)4/h1-2,4-5,9,11,25H,3,6-8,10H2,(H,20,26)(H,19,22,27);1-2H3;1H. The summed E-state index contributed by atoms with van der Waals surface area (Å²) in [7, 11) is 0. The number of aliphatic hydroxyl groups is 1. The SMILES string of the molecule is CC.FC(F)F.O=C(NCCO)c1ccc2c(n1)N(C(=O)Nc1cnccn1)C1CCN2C1. The maximum atomic E-state index is 12.9. The molecule has 2 aromatic rings. The lowest BCUT2D eigenvalue weighted by atomic mass is 10.1. The summed E-state index contributed by atoms with van der Waals surface area (Å²) in [4.78, 5) is 41.3. The number of hydrogen-bond donors (Lipinski definition) is 3. The highest BCUT2D eigenvalue weighted by Crippen LogP contribution is 2.39. The summed E-state index contributed by atoms with van der Waals surface area (Å²) < 4.78 is 29.0. The molecule has 1 fully saturated rings. The van der Waals surface area contributed by atoms with Crippen molar-refractivity contribution in [2.24, 2.45) is 0 Å². The van der Waals surface area contributed by atoms with Crippen LogP contribution in [-0.4, -0.2) is 71.0 Å². The summed E-state index contributed by atoms with van der Waals surface area (Å²) in [5.41, 5.74) is 1.01. The second-order valence-electron chi connectivity index (χ2n) is 6.55. The molecular weight excluding hydrogens is 443 g/mol. The molecule has 2 aliphatic rings. The number of carbonyl (C=O) groups excluding carboxylic acids is 2. The van der Waals surface area contributed by atoms with Gasteiger partial charge in [0.25, 0.3) is 5.91 Å². The highest BCUT2D eigenvalue weighted by molar-refractivity contribution is 6.04. The van der Waals surface area contributed by atoms with Crippen molar-refractivity contribution >= 4 is 29.3 Å². The minimum atomic E-state index is -3.67. The van der Waals surface area contributed by atoms with E-state index in [2.05, 4.69) is 30.5 Å². The molecule has 0 aromatic carbocycles. The van der Waals surface area contributed by atoms with Crippen molar-refractivity contribution in [1.82, 2.24) is 20.3 Å². The van der Waals surface area contributed by atoms with Crippen LogP contribution in [0.25, 0.3) is 0 Å². The molecule has 3 N–H and O–H groups in total. The Kier molecular flexibility index (Phi) is 9.79. The highest BCUT2D eigenvalue weighted by atomic mass is 19.4. The van der Waals surface area contributed by atoms with Crippen molar-refractivity contribution in [2.75, 3.05) is 41.4 Å². The summed E-state index contributed by atoms with van der Waals surface area (Å²) >= 11 is 0. The van der Waals surface area contributed by atoms with Crippen molar-refractivity contribution in [3.05, 3.63) is 36.4 Å². The van der Waals surface area contributed by atoms with E-state index in [-0.39, 0.29) is 30.9 Å². The Labute approximate surface area is 188 Å². The van der Waals surface area contributed by atoms with Gasteiger partial charge in [0.05, 0.1) is 24.5 Å². The van der Waals surface area contributed by atoms with Crippen LogP contribution >= 0.6 is 0 Å². The van der Waals surface area contributed by atoms with E-state index in [0.717, 1.165) is 25.2 Å². The first kappa shape index (κ1) is 25.8. The van der Waals surface area contributed by atoms with Crippen molar-refractivity contribution in [3.8, 4) is 0 Å². The summed E-state index contributed by atoms with van der Waals surface area (Å²) in [5, 5.41) is 14.2. The zero-order valence-electron chi connectivity index (χ0n) is 18.2. The van der Waals surface area contributed by atoms with E-state index in [1.165, 1.54) is 18.6 Å². The Bertz CT molecular complexity index is 918. The third-order valence-corrected chi connectivity index (χ3v) is 4.60. The monoisotopic (exact) mass is 469 g/mol. The van der Waals surface area contributed by atoms with Gasteiger partial charge in [-0.3, -0.25) is 20.0 Å².